The zero-order valence-corrected chi connectivity index (χ0v) is 16.7. The second-order valence-electron chi connectivity index (χ2n) is 7.02. The van der Waals surface area contributed by atoms with E-state index in [0.717, 1.165) is 0 Å². The van der Waals surface area contributed by atoms with Gasteiger partial charge in [-0.15, -0.1) is 0 Å². The summed E-state index contributed by atoms with van der Waals surface area (Å²) in [5.74, 6) is -0.840. The van der Waals surface area contributed by atoms with Gasteiger partial charge in [-0.05, 0) is 32.8 Å². The van der Waals surface area contributed by atoms with Crippen molar-refractivity contribution in [3.05, 3.63) is 34.9 Å². The molecule has 0 saturated carbocycles. The van der Waals surface area contributed by atoms with Crippen LogP contribution in [0.1, 0.15) is 34.6 Å². The minimum Gasteiger partial charge on any atom is -0.338 e. The summed E-state index contributed by atoms with van der Waals surface area (Å²) >= 11 is 0. The molecule has 0 aliphatic carbocycles. The number of halogens is 1. The van der Waals surface area contributed by atoms with Crippen LogP contribution >= 0.6 is 0 Å². The molecule has 146 valence electrons. The summed E-state index contributed by atoms with van der Waals surface area (Å²) in [4.78, 5) is 23.4. The number of aryl methyl sites for hydroxylation is 2. The highest BCUT2D eigenvalue weighted by molar-refractivity contribution is 7.88. The molecule has 3 rings (SSSR count). The minimum atomic E-state index is -3.27. The molecular formula is C18H23FN4O3S. The first-order valence-corrected chi connectivity index (χ1v) is 10.6. The van der Waals surface area contributed by atoms with E-state index in [2.05, 4.69) is 9.97 Å². The van der Waals surface area contributed by atoms with Crippen LogP contribution in [0.25, 0.3) is 11.0 Å². The van der Waals surface area contributed by atoms with Gasteiger partial charge in [0.05, 0.1) is 28.7 Å². The lowest BCUT2D eigenvalue weighted by molar-refractivity contribution is 0.0687. The molecule has 1 aromatic carbocycles. The number of likely N-dealkylation sites (tertiary alicyclic amines) is 1. The first-order chi connectivity index (χ1) is 12.6. The van der Waals surface area contributed by atoms with Crippen molar-refractivity contribution < 1.29 is 17.6 Å². The van der Waals surface area contributed by atoms with Crippen LogP contribution in [0.2, 0.25) is 0 Å². The van der Waals surface area contributed by atoms with Crippen molar-refractivity contribution in [2.45, 2.75) is 32.7 Å². The SMILES string of the molecule is Cc1nc2cc(F)cc(C(=O)N3CCC(N(C)S(C)(=O)=O)CC3)c2nc1C. The zero-order chi connectivity index (χ0) is 19.9. The van der Waals surface area contributed by atoms with Gasteiger partial charge in [-0.3, -0.25) is 4.79 Å². The molecule has 1 aromatic heterocycles. The number of carbonyl (C=O) groups is 1. The Bertz CT molecular complexity index is 1000. The summed E-state index contributed by atoms with van der Waals surface area (Å²) in [7, 11) is -1.72. The molecule has 2 heterocycles. The Morgan fingerprint density at radius 2 is 1.78 bits per heavy atom. The topological polar surface area (TPSA) is 83.5 Å². The fourth-order valence-corrected chi connectivity index (χ4v) is 4.09. The number of rotatable bonds is 3. The Kier molecular flexibility index (Phi) is 5.18. The van der Waals surface area contributed by atoms with Crippen molar-refractivity contribution in [1.82, 2.24) is 19.2 Å². The number of aromatic nitrogens is 2. The Morgan fingerprint density at radius 1 is 1.19 bits per heavy atom. The molecule has 0 unspecified atom stereocenters. The van der Waals surface area contributed by atoms with Crippen LogP contribution in [0.5, 0.6) is 0 Å². The van der Waals surface area contributed by atoms with E-state index in [9.17, 15) is 17.6 Å². The molecule has 7 nitrogen and oxygen atoms in total. The predicted octanol–water partition coefficient (Wildman–Crippen LogP) is 1.88. The number of nitrogens with zero attached hydrogens (tertiary/aromatic N) is 4. The van der Waals surface area contributed by atoms with Gasteiger partial charge in [0.15, 0.2) is 0 Å². The van der Waals surface area contributed by atoms with E-state index in [1.165, 1.54) is 22.7 Å². The smallest absolute Gasteiger partial charge is 0.256 e. The quantitative estimate of drug-likeness (QED) is 0.794. The average molecular weight is 394 g/mol. The van der Waals surface area contributed by atoms with E-state index < -0.39 is 15.8 Å². The van der Waals surface area contributed by atoms with E-state index >= 15 is 0 Å². The van der Waals surface area contributed by atoms with Crippen LogP contribution in [0.15, 0.2) is 12.1 Å². The third kappa shape index (κ3) is 3.93. The van der Waals surface area contributed by atoms with Crippen LogP contribution in [0.4, 0.5) is 4.39 Å². The molecule has 9 heteroatoms. The fraction of sp³-hybridized carbons (Fsp3) is 0.500. The minimum absolute atomic E-state index is 0.141. The molecule has 2 aromatic rings. The van der Waals surface area contributed by atoms with Crippen molar-refractivity contribution in [1.29, 1.82) is 0 Å². The molecule has 27 heavy (non-hydrogen) atoms. The lowest BCUT2D eigenvalue weighted by Gasteiger charge is -2.35. The number of amides is 1. The van der Waals surface area contributed by atoms with E-state index in [0.29, 0.717) is 48.4 Å². The van der Waals surface area contributed by atoms with Gasteiger partial charge < -0.3 is 4.90 Å². The molecule has 0 radical (unpaired) electrons. The number of benzene rings is 1. The molecule has 1 aliphatic heterocycles. The Hall–Kier alpha value is -2.13. The lowest BCUT2D eigenvalue weighted by atomic mass is 10.0. The average Bonchev–Trinajstić information content (AvgIpc) is 2.60. The van der Waals surface area contributed by atoms with Gasteiger partial charge in [-0.1, -0.05) is 0 Å². The van der Waals surface area contributed by atoms with Gasteiger partial charge >= 0.3 is 0 Å². The van der Waals surface area contributed by atoms with E-state index in [1.807, 2.05) is 0 Å². The maximum absolute atomic E-state index is 14.0. The fourth-order valence-electron chi connectivity index (χ4n) is 3.33. The van der Waals surface area contributed by atoms with E-state index in [1.54, 1.807) is 25.8 Å². The summed E-state index contributed by atoms with van der Waals surface area (Å²) in [5.41, 5.74) is 2.32. The van der Waals surface area contributed by atoms with Gasteiger partial charge in [0.1, 0.15) is 11.3 Å². The van der Waals surface area contributed by atoms with Crippen LogP contribution < -0.4 is 0 Å². The molecule has 1 amide bonds. The second-order valence-corrected chi connectivity index (χ2v) is 9.06. The number of carbonyl (C=O) groups excluding carboxylic acids is 1. The van der Waals surface area contributed by atoms with Gasteiger partial charge in [0.2, 0.25) is 10.0 Å². The highest BCUT2D eigenvalue weighted by Crippen LogP contribution is 2.24. The summed E-state index contributed by atoms with van der Waals surface area (Å²) < 4.78 is 38.8. The third-order valence-electron chi connectivity index (χ3n) is 5.17. The molecule has 1 aliphatic rings. The third-order valence-corrected chi connectivity index (χ3v) is 6.51. The number of sulfonamides is 1. The van der Waals surface area contributed by atoms with Crippen LogP contribution in [-0.4, -0.2) is 65.9 Å². The number of hydrogen-bond acceptors (Lipinski definition) is 5. The highest BCUT2D eigenvalue weighted by Gasteiger charge is 2.30. The first-order valence-electron chi connectivity index (χ1n) is 8.74. The van der Waals surface area contributed by atoms with Crippen molar-refractivity contribution in [2.75, 3.05) is 26.4 Å². The van der Waals surface area contributed by atoms with Gasteiger partial charge in [-0.2, -0.15) is 0 Å². The van der Waals surface area contributed by atoms with Crippen molar-refractivity contribution in [2.24, 2.45) is 0 Å². The number of hydrogen-bond donors (Lipinski definition) is 0. The summed E-state index contributed by atoms with van der Waals surface area (Å²) in [6.45, 7) is 4.39. The lowest BCUT2D eigenvalue weighted by Crippen LogP contribution is -2.47. The molecule has 0 spiro atoms. The predicted molar refractivity (Wildman–Crippen MR) is 101 cm³/mol. The summed E-state index contributed by atoms with van der Waals surface area (Å²) in [6, 6.07) is 2.33. The Balaban J connectivity index is 1.86. The Morgan fingerprint density at radius 3 is 2.37 bits per heavy atom. The van der Waals surface area contributed by atoms with E-state index in [4.69, 9.17) is 0 Å². The maximum Gasteiger partial charge on any atom is 0.256 e. The Labute approximate surface area is 158 Å². The molecule has 1 fully saturated rings. The highest BCUT2D eigenvalue weighted by atomic mass is 32.2. The molecule has 0 bridgehead atoms. The molecular weight excluding hydrogens is 371 g/mol. The largest absolute Gasteiger partial charge is 0.338 e. The second kappa shape index (κ2) is 7.12. The number of piperidine rings is 1. The summed E-state index contributed by atoms with van der Waals surface area (Å²) in [5, 5.41) is 0. The van der Waals surface area contributed by atoms with Crippen LogP contribution in [-0.2, 0) is 10.0 Å². The van der Waals surface area contributed by atoms with Crippen molar-refractivity contribution in [3.63, 3.8) is 0 Å². The molecule has 0 N–H and O–H groups in total. The zero-order valence-electron chi connectivity index (χ0n) is 15.9. The normalized spacial score (nSPS) is 16.3. The van der Waals surface area contributed by atoms with E-state index in [-0.39, 0.29) is 17.5 Å². The van der Waals surface area contributed by atoms with Gasteiger partial charge in [0.25, 0.3) is 5.91 Å². The monoisotopic (exact) mass is 394 g/mol. The van der Waals surface area contributed by atoms with Gasteiger partial charge in [0, 0.05) is 32.2 Å². The van der Waals surface area contributed by atoms with Crippen LogP contribution in [0.3, 0.4) is 0 Å². The number of fused-ring (bicyclic) bond motifs is 1. The van der Waals surface area contributed by atoms with Gasteiger partial charge in [-0.25, -0.2) is 27.1 Å². The molecule has 1 saturated heterocycles. The first kappa shape index (κ1) is 19.6. The molecule has 0 atom stereocenters. The summed E-state index contributed by atoms with van der Waals surface area (Å²) in [6.07, 6.45) is 2.24. The van der Waals surface area contributed by atoms with Crippen molar-refractivity contribution >= 4 is 27.0 Å². The maximum atomic E-state index is 14.0. The standard InChI is InChI=1S/C18H23FN4O3S/c1-11-12(2)21-17-15(9-13(19)10-16(17)20-11)18(24)23-7-5-14(6-8-23)22(3)27(4,25)26/h9-10,14H,5-8H2,1-4H3. The van der Waals surface area contributed by atoms with Crippen molar-refractivity contribution in [3.8, 4) is 0 Å². The van der Waals surface area contributed by atoms with Crippen LogP contribution in [0, 0.1) is 19.7 Å².